The molecule has 0 atom stereocenters. The van der Waals surface area contributed by atoms with Crippen molar-refractivity contribution in [2.75, 3.05) is 19.6 Å². The second-order valence-corrected chi connectivity index (χ2v) is 7.57. The smallest absolute Gasteiger partial charge is 0.416 e. The van der Waals surface area contributed by atoms with Crippen molar-refractivity contribution in [2.24, 2.45) is 0 Å². The highest BCUT2D eigenvalue weighted by Crippen LogP contribution is 2.32. The number of carbonyl (C=O) groups is 1. The summed E-state index contributed by atoms with van der Waals surface area (Å²) >= 11 is 0. The molecule has 1 fully saturated rings. The lowest BCUT2D eigenvalue weighted by atomic mass is 10.0. The second-order valence-electron chi connectivity index (χ2n) is 7.57. The molecule has 29 heavy (non-hydrogen) atoms. The number of alkyl halides is 3. The molecule has 0 radical (unpaired) electrons. The zero-order valence-corrected chi connectivity index (χ0v) is 16.6. The van der Waals surface area contributed by atoms with E-state index < -0.39 is 11.7 Å². The first-order chi connectivity index (χ1) is 13.7. The van der Waals surface area contributed by atoms with Crippen LogP contribution in [0.15, 0.2) is 52.5 Å². The van der Waals surface area contributed by atoms with Crippen molar-refractivity contribution in [1.29, 1.82) is 0 Å². The van der Waals surface area contributed by atoms with Gasteiger partial charge in [0.2, 0.25) is 0 Å². The Labute approximate surface area is 168 Å². The number of allylic oxidation sites excluding steroid dienone is 1. The lowest BCUT2D eigenvalue weighted by Crippen LogP contribution is -2.44. The number of rotatable bonds is 5. The number of hydrogen-bond acceptors (Lipinski definition) is 3. The number of nitrogens with zero attached hydrogens (tertiary/aromatic N) is 1. The SMILES string of the molecule is CC(C)=CCN1CCC(NC(=O)c2ccc(-c3cccc(C(F)(F)F)c3)o2)CC1. The van der Waals surface area contributed by atoms with Crippen LogP contribution in [0, 0.1) is 0 Å². The third-order valence-corrected chi connectivity index (χ3v) is 4.98. The molecule has 1 amide bonds. The molecule has 0 unspecified atom stereocenters. The fraction of sp³-hybridized carbons (Fsp3) is 0.409. The van der Waals surface area contributed by atoms with Crippen LogP contribution in [0.3, 0.4) is 0 Å². The van der Waals surface area contributed by atoms with Crippen molar-refractivity contribution < 1.29 is 22.4 Å². The maximum absolute atomic E-state index is 12.9. The molecule has 1 aromatic heterocycles. The Balaban J connectivity index is 1.59. The Kier molecular flexibility index (Phi) is 6.47. The van der Waals surface area contributed by atoms with Crippen LogP contribution in [-0.4, -0.2) is 36.5 Å². The zero-order chi connectivity index (χ0) is 21.0. The minimum atomic E-state index is -4.43. The van der Waals surface area contributed by atoms with E-state index in [1.165, 1.54) is 29.8 Å². The van der Waals surface area contributed by atoms with E-state index in [4.69, 9.17) is 4.42 Å². The van der Waals surface area contributed by atoms with Gasteiger partial charge in [0, 0.05) is 31.2 Å². The number of halogens is 3. The summed E-state index contributed by atoms with van der Waals surface area (Å²) in [6, 6.07) is 7.95. The van der Waals surface area contributed by atoms with Crippen LogP contribution in [0.4, 0.5) is 13.2 Å². The van der Waals surface area contributed by atoms with Crippen LogP contribution >= 0.6 is 0 Å². The van der Waals surface area contributed by atoms with Crippen molar-refractivity contribution >= 4 is 5.91 Å². The van der Waals surface area contributed by atoms with E-state index in [1.54, 1.807) is 0 Å². The minimum Gasteiger partial charge on any atom is -0.451 e. The number of amides is 1. The molecule has 2 aromatic rings. The van der Waals surface area contributed by atoms with Gasteiger partial charge in [-0.25, -0.2) is 0 Å². The van der Waals surface area contributed by atoms with Crippen LogP contribution in [0.5, 0.6) is 0 Å². The fourth-order valence-electron chi connectivity index (χ4n) is 3.29. The number of piperidine rings is 1. The van der Waals surface area contributed by atoms with Crippen molar-refractivity contribution in [3.63, 3.8) is 0 Å². The first kappa shape index (κ1) is 21.2. The minimum absolute atomic E-state index is 0.0626. The molecule has 3 rings (SSSR count). The summed E-state index contributed by atoms with van der Waals surface area (Å²) in [5.41, 5.74) is 0.818. The molecule has 1 aliphatic heterocycles. The van der Waals surface area contributed by atoms with E-state index in [1.807, 2.05) is 0 Å². The summed E-state index contributed by atoms with van der Waals surface area (Å²) in [7, 11) is 0. The standard InChI is InChI=1S/C22H25F3N2O2/c1-15(2)8-11-27-12-9-18(10-13-27)26-21(28)20-7-6-19(29-20)16-4-3-5-17(14-16)22(23,24)25/h3-8,14,18H,9-13H2,1-2H3,(H,26,28). The van der Waals surface area contributed by atoms with Crippen LogP contribution in [0.1, 0.15) is 42.8 Å². The normalized spacial score (nSPS) is 15.9. The first-order valence-electron chi connectivity index (χ1n) is 9.66. The maximum Gasteiger partial charge on any atom is 0.416 e. The number of carbonyl (C=O) groups excluding carboxylic acids is 1. The first-order valence-corrected chi connectivity index (χ1v) is 9.66. The van der Waals surface area contributed by atoms with Crippen molar-refractivity contribution in [3.8, 4) is 11.3 Å². The summed E-state index contributed by atoms with van der Waals surface area (Å²) in [4.78, 5) is 14.8. The summed E-state index contributed by atoms with van der Waals surface area (Å²) in [6.07, 6.45) is -0.534. The van der Waals surface area contributed by atoms with Gasteiger partial charge in [-0.1, -0.05) is 23.8 Å². The van der Waals surface area contributed by atoms with Gasteiger partial charge in [-0.3, -0.25) is 9.69 Å². The van der Waals surface area contributed by atoms with Crippen molar-refractivity contribution in [1.82, 2.24) is 10.2 Å². The number of benzene rings is 1. The van der Waals surface area contributed by atoms with Gasteiger partial charge in [-0.15, -0.1) is 0 Å². The molecule has 0 bridgehead atoms. The molecule has 1 saturated heterocycles. The van der Waals surface area contributed by atoms with E-state index in [9.17, 15) is 18.0 Å². The number of nitrogens with one attached hydrogen (secondary N) is 1. The second kappa shape index (κ2) is 8.86. The molecule has 2 heterocycles. The number of hydrogen-bond donors (Lipinski definition) is 1. The van der Waals surface area contributed by atoms with E-state index >= 15 is 0 Å². The van der Waals surface area contributed by atoms with E-state index in [0.29, 0.717) is 0 Å². The molecule has 1 aliphatic rings. The molecular weight excluding hydrogens is 381 g/mol. The zero-order valence-electron chi connectivity index (χ0n) is 16.6. The molecule has 1 N–H and O–H groups in total. The highest BCUT2D eigenvalue weighted by atomic mass is 19.4. The topological polar surface area (TPSA) is 45.5 Å². The summed E-state index contributed by atoms with van der Waals surface area (Å²) in [5, 5.41) is 2.97. The van der Waals surface area contributed by atoms with Gasteiger partial charge < -0.3 is 9.73 Å². The monoisotopic (exact) mass is 406 g/mol. The van der Waals surface area contributed by atoms with Crippen molar-refractivity contribution in [2.45, 2.75) is 38.9 Å². The Bertz CT molecular complexity index is 874. The van der Waals surface area contributed by atoms with Gasteiger partial charge in [0.25, 0.3) is 5.91 Å². The molecule has 156 valence electrons. The summed E-state index contributed by atoms with van der Waals surface area (Å²) in [6.45, 7) is 6.88. The molecule has 0 spiro atoms. The van der Waals surface area contributed by atoms with Gasteiger partial charge in [-0.05, 0) is 51.0 Å². The van der Waals surface area contributed by atoms with Crippen LogP contribution in [0.2, 0.25) is 0 Å². The lowest BCUT2D eigenvalue weighted by Gasteiger charge is -2.31. The predicted molar refractivity (Wildman–Crippen MR) is 106 cm³/mol. The quantitative estimate of drug-likeness (QED) is 0.701. The van der Waals surface area contributed by atoms with Gasteiger partial charge in [0.1, 0.15) is 5.76 Å². The van der Waals surface area contributed by atoms with Gasteiger partial charge in [0.15, 0.2) is 5.76 Å². The van der Waals surface area contributed by atoms with Crippen LogP contribution in [0.25, 0.3) is 11.3 Å². The van der Waals surface area contributed by atoms with Crippen LogP contribution < -0.4 is 5.32 Å². The average molecular weight is 406 g/mol. The van der Waals surface area contributed by atoms with Crippen LogP contribution in [-0.2, 0) is 6.18 Å². The Morgan fingerprint density at radius 2 is 1.93 bits per heavy atom. The fourth-order valence-corrected chi connectivity index (χ4v) is 3.29. The van der Waals surface area contributed by atoms with Gasteiger partial charge in [0.05, 0.1) is 5.56 Å². The number of likely N-dealkylation sites (tertiary alicyclic amines) is 1. The number of furan rings is 1. The molecule has 4 nitrogen and oxygen atoms in total. The lowest BCUT2D eigenvalue weighted by molar-refractivity contribution is -0.137. The molecule has 1 aromatic carbocycles. The van der Waals surface area contributed by atoms with E-state index in [0.717, 1.165) is 44.6 Å². The third kappa shape index (κ3) is 5.73. The predicted octanol–water partition coefficient (Wildman–Crippen LogP) is 5.13. The van der Waals surface area contributed by atoms with Gasteiger partial charge in [-0.2, -0.15) is 13.2 Å². The Morgan fingerprint density at radius 3 is 2.59 bits per heavy atom. The van der Waals surface area contributed by atoms with E-state index in [2.05, 4.69) is 30.1 Å². The molecular formula is C22H25F3N2O2. The molecule has 0 saturated carbocycles. The average Bonchev–Trinajstić information content (AvgIpc) is 3.17. The summed E-state index contributed by atoms with van der Waals surface area (Å²) < 4.78 is 44.2. The Hall–Kier alpha value is -2.54. The summed E-state index contributed by atoms with van der Waals surface area (Å²) in [5.74, 6) is -0.00634. The molecule has 7 heteroatoms. The van der Waals surface area contributed by atoms with Gasteiger partial charge >= 0.3 is 6.18 Å². The van der Waals surface area contributed by atoms with Crippen molar-refractivity contribution in [3.05, 3.63) is 59.4 Å². The third-order valence-electron chi connectivity index (χ3n) is 4.98. The highest BCUT2D eigenvalue weighted by Gasteiger charge is 2.30. The Morgan fingerprint density at radius 1 is 1.21 bits per heavy atom. The maximum atomic E-state index is 12.9. The highest BCUT2D eigenvalue weighted by molar-refractivity contribution is 5.92. The van der Waals surface area contributed by atoms with E-state index in [-0.39, 0.29) is 29.0 Å². The molecule has 0 aliphatic carbocycles. The largest absolute Gasteiger partial charge is 0.451 e.